The van der Waals surface area contributed by atoms with Crippen LogP contribution in [0.4, 0.5) is 10.5 Å². The Bertz CT molecular complexity index is 924. The Hall–Kier alpha value is -2.92. The number of rotatable bonds is 6. The van der Waals surface area contributed by atoms with Crippen LogP contribution in [-0.2, 0) is 9.57 Å². The Morgan fingerprint density at radius 1 is 1.28 bits per heavy atom. The molecule has 1 fully saturated rings. The summed E-state index contributed by atoms with van der Waals surface area (Å²) in [7, 11) is 0. The Morgan fingerprint density at radius 2 is 2.00 bits per heavy atom. The molecule has 0 bridgehead atoms. The number of carbonyl (C=O) groups is 2. The number of amides is 1. The maximum absolute atomic E-state index is 12.2. The number of anilines is 1. The van der Waals surface area contributed by atoms with Crippen molar-refractivity contribution >= 4 is 29.5 Å². The Balaban J connectivity index is 1.49. The highest BCUT2D eigenvalue weighted by molar-refractivity contribution is 6.13. The van der Waals surface area contributed by atoms with Crippen LogP contribution in [0.3, 0.4) is 0 Å². The van der Waals surface area contributed by atoms with E-state index in [9.17, 15) is 9.59 Å². The normalized spacial score (nSPS) is 15.0. The highest BCUT2D eigenvalue weighted by Gasteiger charge is 2.28. The number of aromatic nitrogens is 4. The molecule has 1 aliphatic rings. The second kappa shape index (κ2) is 10.1. The van der Waals surface area contributed by atoms with Gasteiger partial charge in [-0.15, -0.1) is 0 Å². The zero-order chi connectivity index (χ0) is 23.3. The van der Waals surface area contributed by atoms with E-state index in [1.165, 1.54) is 18.6 Å². The number of carbonyl (C=O) groups excluding carboxylic acids is 2. The number of hydroxylamine groups is 1. The van der Waals surface area contributed by atoms with Crippen molar-refractivity contribution in [2.24, 2.45) is 0 Å². The number of piperidine rings is 1. The molecule has 0 aromatic carbocycles. The lowest BCUT2D eigenvalue weighted by molar-refractivity contribution is -0.0399. The van der Waals surface area contributed by atoms with Gasteiger partial charge in [-0.05, 0) is 45.1 Å². The van der Waals surface area contributed by atoms with Crippen molar-refractivity contribution in [2.75, 3.05) is 25.1 Å². The van der Waals surface area contributed by atoms with Gasteiger partial charge in [-0.25, -0.2) is 14.6 Å². The molecular weight excluding hydrogens is 438 g/mol. The topological polar surface area (TPSA) is 115 Å². The maximum Gasteiger partial charge on any atom is 0.410 e. The molecule has 0 spiro atoms. The van der Waals surface area contributed by atoms with Crippen LogP contribution in [0.25, 0.3) is 0 Å². The minimum atomic E-state index is -0.709. The van der Waals surface area contributed by atoms with Gasteiger partial charge < -0.3 is 19.8 Å². The van der Waals surface area contributed by atoms with E-state index >= 15 is 0 Å². The summed E-state index contributed by atoms with van der Waals surface area (Å²) < 4.78 is 8.20. The fourth-order valence-electron chi connectivity index (χ4n) is 3.20. The van der Waals surface area contributed by atoms with E-state index in [4.69, 9.17) is 21.4 Å². The van der Waals surface area contributed by atoms with Gasteiger partial charge >= 0.3 is 12.1 Å². The van der Waals surface area contributed by atoms with E-state index in [1.807, 2.05) is 38.6 Å². The molecule has 1 amide bonds. The quantitative estimate of drug-likeness (QED) is 0.390. The van der Waals surface area contributed by atoms with E-state index in [0.29, 0.717) is 13.1 Å². The van der Waals surface area contributed by atoms with Crippen LogP contribution in [0.1, 0.15) is 55.8 Å². The van der Waals surface area contributed by atoms with E-state index < -0.39 is 11.6 Å². The zero-order valence-electron chi connectivity index (χ0n) is 18.6. The smallest absolute Gasteiger partial charge is 0.410 e. The van der Waals surface area contributed by atoms with Crippen molar-refractivity contribution < 1.29 is 19.2 Å². The Labute approximate surface area is 191 Å². The van der Waals surface area contributed by atoms with Gasteiger partial charge in [-0.2, -0.15) is 5.10 Å². The molecule has 1 N–H and O–H groups in total. The molecule has 3 rings (SSSR count). The number of likely N-dealkylation sites (tertiary alicyclic amines) is 1. The first kappa shape index (κ1) is 23.7. The minimum Gasteiger partial charge on any atom is -0.444 e. The lowest BCUT2D eigenvalue weighted by Crippen LogP contribution is -2.42. The van der Waals surface area contributed by atoms with Gasteiger partial charge in [0.15, 0.2) is 5.69 Å². The third kappa shape index (κ3) is 6.54. The second-order valence-corrected chi connectivity index (χ2v) is 8.81. The predicted molar refractivity (Wildman–Crippen MR) is 117 cm³/mol. The standard InChI is InChI=1S/C20H28ClN7O4/c1-14-17(24-13-28(21)32-18(29)16-11-22-7-8-23-16)12-27(25-14)15-5-9-26(10-6-15)19(30)31-20(2,3)4/h7-8,11-12,15,24H,5-6,9-10,13H2,1-4H3. The van der Waals surface area contributed by atoms with Crippen LogP contribution in [0, 0.1) is 6.92 Å². The molecule has 0 unspecified atom stereocenters. The van der Waals surface area contributed by atoms with Gasteiger partial charge in [0.05, 0.1) is 23.6 Å². The average molecular weight is 466 g/mol. The molecule has 1 aliphatic heterocycles. The van der Waals surface area contributed by atoms with Gasteiger partial charge in [0.2, 0.25) is 0 Å². The van der Waals surface area contributed by atoms with E-state index in [-0.39, 0.29) is 24.5 Å². The SMILES string of the molecule is Cc1nn(C2CCN(C(=O)OC(C)(C)C)CC2)cc1NCN(Cl)OC(=O)c1cnccn1. The lowest BCUT2D eigenvalue weighted by atomic mass is 10.1. The van der Waals surface area contributed by atoms with Crippen LogP contribution in [0.5, 0.6) is 0 Å². The summed E-state index contributed by atoms with van der Waals surface area (Å²) in [6.45, 7) is 8.70. The van der Waals surface area contributed by atoms with Crippen molar-refractivity contribution in [3.63, 3.8) is 0 Å². The molecule has 11 nitrogen and oxygen atoms in total. The predicted octanol–water partition coefficient (Wildman–Crippen LogP) is 3.15. The second-order valence-electron chi connectivity index (χ2n) is 8.43. The zero-order valence-corrected chi connectivity index (χ0v) is 19.4. The summed E-state index contributed by atoms with van der Waals surface area (Å²) in [6.07, 6.45) is 7.30. The fourth-order valence-corrected chi connectivity index (χ4v) is 3.32. The first-order chi connectivity index (χ1) is 15.1. The molecule has 0 aliphatic carbocycles. The number of hydrogen-bond acceptors (Lipinski definition) is 9. The third-order valence-corrected chi connectivity index (χ3v) is 4.94. The van der Waals surface area contributed by atoms with E-state index in [1.54, 1.807) is 4.90 Å². The van der Waals surface area contributed by atoms with E-state index in [0.717, 1.165) is 28.8 Å². The van der Waals surface area contributed by atoms with Crippen LogP contribution in [0.15, 0.2) is 24.8 Å². The molecule has 1 saturated heterocycles. The number of halogens is 1. The molecule has 2 aromatic rings. The van der Waals surface area contributed by atoms with Gasteiger partial charge in [-0.1, -0.05) is 0 Å². The molecule has 32 heavy (non-hydrogen) atoms. The van der Waals surface area contributed by atoms with Crippen LogP contribution in [-0.4, -0.2) is 66.7 Å². The fraction of sp³-hybridized carbons (Fsp3) is 0.550. The first-order valence-electron chi connectivity index (χ1n) is 10.3. The van der Waals surface area contributed by atoms with Gasteiger partial charge in [0.25, 0.3) is 0 Å². The lowest BCUT2D eigenvalue weighted by Gasteiger charge is -2.33. The molecule has 12 heteroatoms. The molecule has 3 heterocycles. The number of ether oxygens (including phenoxy) is 1. The van der Waals surface area contributed by atoms with Crippen molar-refractivity contribution in [2.45, 2.75) is 52.2 Å². The highest BCUT2D eigenvalue weighted by atomic mass is 35.5. The summed E-state index contributed by atoms with van der Waals surface area (Å²) in [5, 5.41) is 7.68. The molecule has 174 valence electrons. The van der Waals surface area contributed by atoms with E-state index in [2.05, 4.69) is 20.4 Å². The van der Waals surface area contributed by atoms with Crippen LogP contribution < -0.4 is 5.32 Å². The number of hydrogen-bond donors (Lipinski definition) is 1. The average Bonchev–Trinajstić information content (AvgIpc) is 3.12. The summed E-state index contributed by atoms with van der Waals surface area (Å²) in [6, 6.07) is 0.171. The summed E-state index contributed by atoms with van der Waals surface area (Å²) >= 11 is 5.98. The van der Waals surface area contributed by atoms with Crippen LogP contribution >= 0.6 is 11.8 Å². The molecule has 0 radical (unpaired) electrons. The maximum atomic E-state index is 12.2. The van der Waals surface area contributed by atoms with Crippen molar-refractivity contribution in [1.29, 1.82) is 0 Å². The van der Waals surface area contributed by atoms with Crippen molar-refractivity contribution in [3.8, 4) is 0 Å². The minimum absolute atomic E-state index is 0.0389. The molecular formula is C20H28ClN7O4. The summed E-state index contributed by atoms with van der Waals surface area (Å²) in [4.78, 5) is 38.6. The third-order valence-electron chi connectivity index (χ3n) is 4.76. The van der Waals surface area contributed by atoms with Crippen molar-refractivity contribution in [3.05, 3.63) is 36.2 Å². The van der Waals surface area contributed by atoms with Gasteiger partial charge in [0.1, 0.15) is 12.3 Å². The van der Waals surface area contributed by atoms with Gasteiger partial charge in [-0.3, -0.25) is 9.67 Å². The molecule has 0 saturated carbocycles. The summed E-state index contributed by atoms with van der Waals surface area (Å²) in [5.41, 5.74) is 1.10. The molecule has 0 atom stereocenters. The summed E-state index contributed by atoms with van der Waals surface area (Å²) in [5.74, 6) is -0.709. The van der Waals surface area contributed by atoms with Crippen molar-refractivity contribution in [1.82, 2.24) is 29.2 Å². The number of aryl methyl sites for hydroxylation is 1. The van der Waals surface area contributed by atoms with Gasteiger partial charge in [0, 0.05) is 43.5 Å². The first-order valence-corrected chi connectivity index (χ1v) is 10.7. The largest absolute Gasteiger partial charge is 0.444 e. The molecule has 2 aromatic heterocycles. The van der Waals surface area contributed by atoms with Crippen LogP contribution in [0.2, 0.25) is 0 Å². The highest BCUT2D eigenvalue weighted by Crippen LogP contribution is 2.26. The Kier molecular flexibility index (Phi) is 7.52. The Morgan fingerprint density at radius 3 is 2.62 bits per heavy atom. The number of nitrogens with zero attached hydrogens (tertiary/aromatic N) is 6. The monoisotopic (exact) mass is 465 g/mol. The number of nitrogens with one attached hydrogen (secondary N) is 1.